The molecule has 0 aromatic carbocycles. The van der Waals surface area contributed by atoms with Gasteiger partial charge in [0.25, 0.3) is 0 Å². The van der Waals surface area contributed by atoms with Gasteiger partial charge in [0.2, 0.25) is 0 Å². The Balaban J connectivity index is 1.51. The minimum absolute atomic E-state index is 0.941. The van der Waals surface area contributed by atoms with Gasteiger partial charge in [0.15, 0.2) is 5.96 Å². The number of piperazine rings is 1. The van der Waals surface area contributed by atoms with Crippen molar-refractivity contribution in [2.24, 2.45) is 10.9 Å². The van der Waals surface area contributed by atoms with E-state index >= 15 is 0 Å². The van der Waals surface area contributed by atoms with Crippen molar-refractivity contribution >= 4 is 5.96 Å². The third-order valence-corrected chi connectivity index (χ3v) is 6.22. The summed E-state index contributed by atoms with van der Waals surface area (Å²) in [4.78, 5) is 9.95. The first-order valence-corrected chi connectivity index (χ1v) is 11.8. The van der Waals surface area contributed by atoms with Crippen LogP contribution in [0.2, 0.25) is 0 Å². The number of unbranched alkanes of at least 4 members (excludes halogenated alkanes) is 1. The highest BCUT2D eigenvalue weighted by Crippen LogP contribution is 2.27. The predicted octanol–water partition coefficient (Wildman–Crippen LogP) is 3.32. The van der Waals surface area contributed by atoms with Gasteiger partial charge in [-0.15, -0.1) is 0 Å². The molecule has 27 heavy (non-hydrogen) atoms. The van der Waals surface area contributed by atoms with Crippen LogP contribution >= 0.6 is 0 Å². The number of hydrogen-bond acceptors (Lipinski definition) is 3. The maximum Gasteiger partial charge on any atom is 0.191 e. The third kappa shape index (κ3) is 9.79. The van der Waals surface area contributed by atoms with Crippen molar-refractivity contribution < 1.29 is 0 Å². The number of nitrogens with one attached hydrogen (secondary N) is 2. The van der Waals surface area contributed by atoms with E-state index in [1.165, 1.54) is 97.1 Å². The first-order chi connectivity index (χ1) is 13.3. The van der Waals surface area contributed by atoms with Crippen LogP contribution < -0.4 is 10.6 Å². The Morgan fingerprint density at radius 3 is 2.33 bits per heavy atom. The second kappa shape index (κ2) is 14.2. The van der Waals surface area contributed by atoms with Gasteiger partial charge in [-0.3, -0.25) is 4.99 Å². The van der Waals surface area contributed by atoms with E-state index in [-0.39, 0.29) is 0 Å². The lowest BCUT2D eigenvalue weighted by atomic mass is 9.86. The molecule has 5 nitrogen and oxygen atoms in total. The topological polar surface area (TPSA) is 42.9 Å². The van der Waals surface area contributed by atoms with Gasteiger partial charge in [-0.05, 0) is 51.6 Å². The molecule has 2 aliphatic rings. The zero-order valence-electron chi connectivity index (χ0n) is 18.1. The SMILES string of the molecule is CCNC(=NCCCC1CCCCC1)NCCCCN1CCN(CC)CC1. The number of rotatable bonds is 11. The molecule has 0 radical (unpaired) electrons. The second-order valence-electron chi connectivity index (χ2n) is 8.32. The highest BCUT2D eigenvalue weighted by molar-refractivity contribution is 5.79. The Hall–Kier alpha value is -0.810. The molecule has 1 aliphatic carbocycles. The molecule has 0 aromatic heterocycles. The van der Waals surface area contributed by atoms with E-state index in [9.17, 15) is 0 Å². The fourth-order valence-corrected chi connectivity index (χ4v) is 4.38. The summed E-state index contributed by atoms with van der Waals surface area (Å²) >= 11 is 0. The number of guanidine groups is 1. The molecule has 1 saturated heterocycles. The molecule has 0 aromatic rings. The molecular weight excluding hydrogens is 334 g/mol. The van der Waals surface area contributed by atoms with Crippen LogP contribution in [0.3, 0.4) is 0 Å². The van der Waals surface area contributed by atoms with E-state index in [2.05, 4.69) is 34.3 Å². The van der Waals surface area contributed by atoms with E-state index < -0.39 is 0 Å². The molecule has 2 rings (SSSR count). The molecule has 5 heteroatoms. The zero-order chi connectivity index (χ0) is 19.2. The summed E-state index contributed by atoms with van der Waals surface area (Å²) in [7, 11) is 0. The smallest absolute Gasteiger partial charge is 0.191 e. The molecule has 158 valence electrons. The van der Waals surface area contributed by atoms with Crippen LogP contribution in [0, 0.1) is 5.92 Å². The van der Waals surface area contributed by atoms with Crippen molar-refractivity contribution in [2.75, 3.05) is 58.9 Å². The predicted molar refractivity (Wildman–Crippen MR) is 118 cm³/mol. The molecule has 0 spiro atoms. The minimum Gasteiger partial charge on any atom is -0.357 e. The molecule has 2 fully saturated rings. The van der Waals surface area contributed by atoms with Crippen molar-refractivity contribution in [3.05, 3.63) is 0 Å². The van der Waals surface area contributed by atoms with Crippen molar-refractivity contribution in [3.8, 4) is 0 Å². The van der Waals surface area contributed by atoms with Crippen molar-refractivity contribution in [1.29, 1.82) is 0 Å². The normalized spacial score (nSPS) is 20.7. The van der Waals surface area contributed by atoms with Crippen molar-refractivity contribution in [3.63, 3.8) is 0 Å². The van der Waals surface area contributed by atoms with Crippen LogP contribution in [0.1, 0.15) is 71.6 Å². The van der Waals surface area contributed by atoms with Gasteiger partial charge in [0.05, 0.1) is 0 Å². The van der Waals surface area contributed by atoms with Gasteiger partial charge in [-0.2, -0.15) is 0 Å². The van der Waals surface area contributed by atoms with E-state index in [0.717, 1.165) is 31.5 Å². The van der Waals surface area contributed by atoms with Crippen molar-refractivity contribution in [2.45, 2.75) is 71.6 Å². The first-order valence-electron chi connectivity index (χ1n) is 11.8. The summed E-state index contributed by atoms with van der Waals surface area (Å²) in [6.07, 6.45) is 12.4. The third-order valence-electron chi connectivity index (χ3n) is 6.22. The van der Waals surface area contributed by atoms with Gasteiger partial charge >= 0.3 is 0 Å². The van der Waals surface area contributed by atoms with Gasteiger partial charge in [-0.25, -0.2) is 0 Å². The summed E-state index contributed by atoms with van der Waals surface area (Å²) in [6, 6.07) is 0. The number of nitrogens with zero attached hydrogens (tertiary/aromatic N) is 3. The zero-order valence-corrected chi connectivity index (χ0v) is 18.1. The van der Waals surface area contributed by atoms with Crippen LogP contribution in [0.4, 0.5) is 0 Å². The molecule has 0 atom stereocenters. The quantitative estimate of drug-likeness (QED) is 0.328. The van der Waals surface area contributed by atoms with E-state index in [0.29, 0.717) is 0 Å². The Kier molecular flexibility index (Phi) is 11.8. The van der Waals surface area contributed by atoms with Gasteiger partial charge in [-0.1, -0.05) is 39.0 Å². The van der Waals surface area contributed by atoms with Crippen LogP contribution in [0.5, 0.6) is 0 Å². The average Bonchev–Trinajstić information content (AvgIpc) is 2.72. The van der Waals surface area contributed by atoms with Gasteiger partial charge < -0.3 is 20.4 Å². The summed E-state index contributed by atoms with van der Waals surface area (Å²) in [6.45, 7) is 14.8. The molecule has 0 amide bonds. The van der Waals surface area contributed by atoms with E-state index in [4.69, 9.17) is 4.99 Å². The molecule has 2 N–H and O–H groups in total. The Morgan fingerprint density at radius 2 is 1.63 bits per heavy atom. The maximum atomic E-state index is 4.78. The molecule has 1 aliphatic heterocycles. The highest BCUT2D eigenvalue weighted by atomic mass is 15.3. The number of hydrogen-bond donors (Lipinski definition) is 2. The minimum atomic E-state index is 0.941. The summed E-state index contributed by atoms with van der Waals surface area (Å²) in [5, 5.41) is 6.92. The van der Waals surface area contributed by atoms with Crippen molar-refractivity contribution in [1.82, 2.24) is 20.4 Å². The summed E-state index contributed by atoms with van der Waals surface area (Å²) in [5.74, 6) is 1.99. The molecule has 0 unspecified atom stereocenters. The fraction of sp³-hybridized carbons (Fsp3) is 0.955. The average molecular weight is 380 g/mol. The number of likely N-dealkylation sites (N-methyl/N-ethyl adjacent to an activating group) is 1. The Morgan fingerprint density at radius 1 is 0.889 bits per heavy atom. The standard InChI is InChI=1S/C22H45N5/c1-3-23-22(25-15-10-13-21-11-6-5-7-12-21)24-14-8-9-16-27-19-17-26(4-2)18-20-27/h21H,3-20H2,1-2H3,(H2,23,24,25). The lowest BCUT2D eigenvalue weighted by molar-refractivity contribution is 0.136. The molecule has 0 bridgehead atoms. The Labute approximate surface area is 168 Å². The summed E-state index contributed by atoms with van der Waals surface area (Å²) < 4.78 is 0. The maximum absolute atomic E-state index is 4.78. The Bertz CT molecular complexity index is 384. The van der Waals surface area contributed by atoms with Crippen LogP contribution in [-0.4, -0.2) is 74.7 Å². The number of aliphatic imine (C=N–C) groups is 1. The highest BCUT2D eigenvalue weighted by Gasteiger charge is 2.14. The lowest BCUT2D eigenvalue weighted by Crippen LogP contribution is -2.46. The van der Waals surface area contributed by atoms with Crippen LogP contribution in [0.15, 0.2) is 4.99 Å². The van der Waals surface area contributed by atoms with Gasteiger partial charge in [0.1, 0.15) is 0 Å². The van der Waals surface area contributed by atoms with E-state index in [1.807, 2.05) is 0 Å². The largest absolute Gasteiger partial charge is 0.357 e. The first kappa shape index (κ1) is 22.5. The monoisotopic (exact) mass is 379 g/mol. The fourth-order valence-electron chi connectivity index (χ4n) is 4.38. The van der Waals surface area contributed by atoms with E-state index in [1.54, 1.807) is 0 Å². The molecular formula is C22H45N5. The summed E-state index contributed by atoms with van der Waals surface area (Å²) in [5.41, 5.74) is 0. The van der Waals surface area contributed by atoms with Gasteiger partial charge in [0, 0.05) is 45.8 Å². The lowest BCUT2D eigenvalue weighted by Gasteiger charge is -2.34. The second-order valence-corrected chi connectivity index (χ2v) is 8.32. The van der Waals surface area contributed by atoms with Crippen LogP contribution in [0.25, 0.3) is 0 Å². The van der Waals surface area contributed by atoms with Crippen LogP contribution in [-0.2, 0) is 0 Å². The molecule has 1 heterocycles. The molecule has 1 saturated carbocycles.